The molecule has 0 aliphatic rings. The molecule has 0 aliphatic carbocycles. The van der Waals surface area contributed by atoms with Gasteiger partial charge >= 0.3 is 19.8 Å². The van der Waals surface area contributed by atoms with E-state index in [0.717, 1.165) is 83.5 Å². The Balaban J connectivity index is 3.77. The Morgan fingerprint density at radius 1 is 0.323 bits per heavy atom. The van der Waals surface area contributed by atoms with E-state index in [4.69, 9.17) is 24.3 Å². The topological polar surface area (TPSA) is 134 Å². The molecule has 0 rings (SSSR count). The van der Waals surface area contributed by atoms with Gasteiger partial charge in [0.05, 0.1) is 13.2 Å². The second kappa shape index (κ2) is 81.2. The van der Waals surface area contributed by atoms with Crippen molar-refractivity contribution in [3.63, 3.8) is 0 Å². The maximum Gasteiger partial charge on any atom is 0.472 e. The fourth-order valence-corrected chi connectivity index (χ4v) is 13.2. The number of nitrogens with two attached hydrogens (primary N) is 1. The van der Waals surface area contributed by atoms with Gasteiger partial charge in [-0.15, -0.1) is 0 Å². The molecule has 0 fully saturated rings. The maximum absolute atomic E-state index is 12.8. The molecule has 2 unspecified atom stereocenters. The number of ether oxygens (including phenoxy) is 2. The number of phosphoric ester groups is 1. The molecule has 9 nitrogen and oxygen atoms in total. The molecule has 0 aromatic rings. The van der Waals surface area contributed by atoms with Gasteiger partial charge in [-0.3, -0.25) is 18.6 Å². The van der Waals surface area contributed by atoms with Gasteiger partial charge in [0.15, 0.2) is 6.10 Å². The Morgan fingerprint density at radius 2 is 0.573 bits per heavy atom. The first-order valence-electron chi connectivity index (χ1n) is 41.6. The summed E-state index contributed by atoms with van der Waals surface area (Å²) in [5, 5.41) is 0. The molecule has 10 heteroatoms. The number of carbonyl (C=O) groups excluding carboxylic acids is 2. The molecule has 0 saturated carbocycles. The predicted octanol–water partition coefficient (Wildman–Crippen LogP) is 28.0. The summed E-state index contributed by atoms with van der Waals surface area (Å²) in [6.07, 6.45) is 110. The van der Waals surface area contributed by atoms with Gasteiger partial charge in [-0.05, 0) is 70.6 Å². The van der Waals surface area contributed by atoms with Crippen molar-refractivity contribution in [2.45, 2.75) is 424 Å². The molecule has 560 valence electrons. The van der Waals surface area contributed by atoms with Crippen LogP contribution in [0.3, 0.4) is 0 Å². The van der Waals surface area contributed by atoms with Crippen molar-refractivity contribution < 1.29 is 37.6 Å². The molecule has 0 aliphatic heterocycles. The first-order chi connectivity index (χ1) is 47.3. The molecule has 96 heavy (non-hydrogen) atoms. The quantitative estimate of drug-likeness (QED) is 0.0264. The number of unbranched alkanes of at least 4 members (excludes halogenated alkanes) is 52. The average molecular weight is 1370 g/mol. The van der Waals surface area contributed by atoms with Crippen LogP contribution in [0.15, 0.2) is 85.1 Å². The van der Waals surface area contributed by atoms with Gasteiger partial charge in [-0.25, -0.2) is 4.57 Å². The van der Waals surface area contributed by atoms with E-state index >= 15 is 0 Å². The molecule has 0 heterocycles. The number of allylic oxidation sites excluding steroid dienone is 14. The van der Waals surface area contributed by atoms with Crippen molar-refractivity contribution in [3.05, 3.63) is 85.1 Å². The largest absolute Gasteiger partial charge is 0.472 e. The van der Waals surface area contributed by atoms with E-state index in [9.17, 15) is 19.0 Å². The van der Waals surface area contributed by atoms with E-state index < -0.39 is 26.5 Å². The van der Waals surface area contributed by atoms with Crippen LogP contribution in [0.5, 0.6) is 0 Å². The highest BCUT2D eigenvalue weighted by atomic mass is 31.2. The summed E-state index contributed by atoms with van der Waals surface area (Å²) < 4.78 is 33.3. The first-order valence-corrected chi connectivity index (χ1v) is 43.1. The summed E-state index contributed by atoms with van der Waals surface area (Å²) in [6, 6.07) is 0. The minimum absolute atomic E-state index is 0.0533. The zero-order valence-electron chi connectivity index (χ0n) is 63.4. The first kappa shape index (κ1) is 93.2. The molecule has 0 aromatic carbocycles. The van der Waals surface area contributed by atoms with E-state index in [1.54, 1.807) is 0 Å². The van der Waals surface area contributed by atoms with Crippen LogP contribution < -0.4 is 5.73 Å². The van der Waals surface area contributed by atoms with Gasteiger partial charge in [0.25, 0.3) is 0 Å². The molecule has 3 N–H and O–H groups in total. The van der Waals surface area contributed by atoms with Crippen molar-refractivity contribution in [2.75, 3.05) is 26.4 Å². The Kier molecular flexibility index (Phi) is 78.8. The lowest BCUT2D eigenvalue weighted by atomic mass is 10.0. The summed E-state index contributed by atoms with van der Waals surface area (Å²) in [7, 11) is -4.40. The Bertz CT molecular complexity index is 1860. The fourth-order valence-electron chi connectivity index (χ4n) is 12.4. The third-order valence-electron chi connectivity index (χ3n) is 18.5. The van der Waals surface area contributed by atoms with Gasteiger partial charge < -0.3 is 20.1 Å². The second-order valence-corrected chi connectivity index (χ2v) is 29.4. The van der Waals surface area contributed by atoms with Gasteiger partial charge in [0.1, 0.15) is 6.61 Å². The number of phosphoric acid groups is 1. The Hall–Kier alpha value is -2.81. The highest BCUT2D eigenvalue weighted by Gasteiger charge is 2.26. The zero-order valence-corrected chi connectivity index (χ0v) is 64.3. The van der Waals surface area contributed by atoms with E-state index in [2.05, 4.69) is 98.9 Å². The van der Waals surface area contributed by atoms with Gasteiger partial charge in [0.2, 0.25) is 0 Å². The molecule has 0 amide bonds. The lowest BCUT2D eigenvalue weighted by molar-refractivity contribution is -0.161. The van der Waals surface area contributed by atoms with Crippen molar-refractivity contribution in [1.82, 2.24) is 0 Å². The highest BCUT2D eigenvalue weighted by molar-refractivity contribution is 7.47. The van der Waals surface area contributed by atoms with Gasteiger partial charge in [-0.2, -0.15) is 0 Å². The molecule has 2 atom stereocenters. The van der Waals surface area contributed by atoms with Crippen molar-refractivity contribution in [1.29, 1.82) is 0 Å². The lowest BCUT2D eigenvalue weighted by Crippen LogP contribution is -2.29. The van der Waals surface area contributed by atoms with Crippen molar-refractivity contribution in [3.8, 4) is 0 Å². The molecule has 0 bridgehead atoms. The van der Waals surface area contributed by atoms with Crippen LogP contribution in [0.2, 0.25) is 0 Å². The predicted molar refractivity (Wildman–Crippen MR) is 418 cm³/mol. The van der Waals surface area contributed by atoms with Crippen LogP contribution in [0.1, 0.15) is 418 Å². The van der Waals surface area contributed by atoms with Gasteiger partial charge in [0, 0.05) is 19.4 Å². The minimum Gasteiger partial charge on any atom is -0.462 e. The fraction of sp³-hybridized carbons (Fsp3) is 0.814. The SMILES string of the molecule is CC/C=C\C/C=C\C/C=C\C/C=C\C/C=C\C/C=C\C/C=C\CCCCCCCCCCCCCCCCCC(=O)OC(COC(=O)CCCCCCCCCCCCCCCCCCCCCCCCCCCCCCCCCCCCCCCC)COP(=O)(O)OCCN. The molecular weight excluding hydrogens is 1210 g/mol. The monoisotopic (exact) mass is 1360 g/mol. The van der Waals surface area contributed by atoms with Gasteiger partial charge in [-0.1, -0.05) is 420 Å². The number of rotatable bonds is 79. The molecule has 0 spiro atoms. The Labute approximate surface area is 595 Å². The minimum atomic E-state index is -4.40. The third-order valence-corrected chi connectivity index (χ3v) is 19.5. The highest BCUT2D eigenvalue weighted by Crippen LogP contribution is 2.43. The second-order valence-electron chi connectivity index (χ2n) is 28.0. The lowest BCUT2D eigenvalue weighted by Gasteiger charge is -2.19. The maximum atomic E-state index is 12.8. The molecule has 0 saturated heterocycles. The van der Waals surface area contributed by atoms with Crippen LogP contribution in [0.4, 0.5) is 0 Å². The Morgan fingerprint density at radius 3 is 0.854 bits per heavy atom. The summed E-state index contributed by atoms with van der Waals surface area (Å²) >= 11 is 0. The van der Waals surface area contributed by atoms with Crippen LogP contribution in [0, 0.1) is 0 Å². The smallest absolute Gasteiger partial charge is 0.462 e. The number of hydrogen-bond acceptors (Lipinski definition) is 8. The average Bonchev–Trinajstić information content (AvgIpc) is 1.90. The summed E-state index contributed by atoms with van der Waals surface area (Å²) in [4.78, 5) is 35.5. The standard InChI is InChI=1S/C86H158NO8P/c1-3-5-7-9-11-13-15-17-19-21-23-25-27-29-31-33-35-37-39-41-43-44-46-48-50-52-54-56-58-60-62-64-66-68-70-72-74-76-78-85(88)92-82-84(83-94-96(90,91)93-81-80-87)95-86(89)79-77-75-73-71-69-67-65-63-61-59-57-55-53-51-49-47-45-42-40-38-36-34-32-30-28-26-24-22-20-18-16-14-12-10-8-6-4-2/h6,8,12,14,18,20,24,26,30,32,36,38,42,45,84H,3-5,7,9-11,13,15-17,19,21-23,25,27-29,31,33-35,37,39-41,43-44,46-83,87H2,1-2H3,(H,90,91)/b8-6-,14-12-,20-18-,26-24-,32-30-,38-36-,45-42-. The number of carbonyl (C=O) groups is 2. The summed E-state index contributed by atoms with van der Waals surface area (Å²) in [6.45, 7) is 3.70. The number of hydrogen-bond donors (Lipinski definition) is 2. The normalized spacial score (nSPS) is 13.2. The van der Waals surface area contributed by atoms with Crippen LogP contribution in [-0.4, -0.2) is 49.3 Å². The van der Waals surface area contributed by atoms with Crippen LogP contribution in [-0.2, 0) is 32.7 Å². The van der Waals surface area contributed by atoms with Crippen molar-refractivity contribution in [2.24, 2.45) is 5.73 Å². The van der Waals surface area contributed by atoms with E-state index in [0.29, 0.717) is 6.42 Å². The molecule has 0 radical (unpaired) electrons. The van der Waals surface area contributed by atoms with Crippen LogP contribution in [0.25, 0.3) is 0 Å². The van der Waals surface area contributed by atoms with E-state index in [1.165, 1.54) is 302 Å². The molecular formula is C86H158NO8P. The zero-order chi connectivity index (χ0) is 69.3. The van der Waals surface area contributed by atoms with E-state index in [1.807, 2.05) is 0 Å². The van der Waals surface area contributed by atoms with Crippen molar-refractivity contribution >= 4 is 19.8 Å². The van der Waals surface area contributed by atoms with E-state index in [-0.39, 0.29) is 38.6 Å². The number of esters is 2. The summed E-state index contributed by atoms with van der Waals surface area (Å²) in [5.41, 5.74) is 5.42. The third kappa shape index (κ3) is 80.2. The molecule has 0 aromatic heterocycles. The summed E-state index contributed by atoms with van der Waals surface area (Å²) in [5.74, 6) is -0.809. The van der Waals surface area contributed by atoms with Crippen LogP contribution >= 0.6 is 7.82 Å².